The molecule has 0 saturated heterocycles. The third kappa shape index (κ3) is 2.08. The van der Waals surface area contributed by atoms with Crippen molar-refractivity contribution in [2.75, 3.05) is 0 Å². The highest BCUT2D eigenvalue weighted by Gasteiger charge is 2.45. The van der Waals surface area contributed by atoms with Crippen molar-refractivity contribution >= 4 is 40.2 Å². The predicted molar refractivity (Wildman–Crippen MR) is 78.4 cm³/mol. The van der Waals surface area contributed by atoms with Gasteiger partial charge in [0.2, 0.25) is 5.78 Å². The molecule has 0 fully saturated rings. The molecule has 2 heterocycles. The molecule has 1 unspecified atom stereocenters. The van der Waals surface area contributed by atoms with Crippen molar-refractivity contribution in [3.8, 4) is 0 Å². The molecular formula is C14H9ClN2O3S. The summed E-state index contributed by atoms with van der Waals surface area (Å²) in [6, 6.07) is 7.88. The molecule has 1 aromatic carbocycles. The van der Waals surface area contributed by atoms with Crippen LogP contribution in [-0.4, -0.2) is 22.5 Å². The van der Waals surface area contributed by atoms with Gasteiger partial charge in [0.25, 0.3) is 11.6 Å². The minimum absolute atomic E-state index is 0.157. The molecule has 3 N–H and O–H groups in total. The number of carbonyl (C=O) groups is 2. The SMILES string of the molecule is NC(=O)C1(O)N=c2ccc(Cl)cc2=C1C(=O)c1cccs1. The minimum Gasteiger partial charge on any atom is -0.365 e. The van der Waals surface area contributed by atoms with E-state index in [0.717, 1.165) is 0 Å². The van der Waals surface area contributed by atoms with Crippen molar-refractivity contribution in [3.63, 3.8) is 0 Å². The number of rotatable bonds is 3. The maximum Gasteiger partial charge on any atom is 0.277 e. The Morgan fingerprint density at radius 1 is 1.33 bits per heavy atom. The topological polar surface area (TPSA) is 92.8 Å². The summed E-state index contributed by atoms with van der Waals surface area (Å²) in [6.07, 6.45) is 0. The Labute approximate surface area is 128 Å². The quantitative estimate of drug-likeness (QED) is 0.794. The summed E-state index contributed by atoms with van der Waals surface area (Å²) in [4.78, 5) is 28.5. The predicted octanol–water partition coefficient (Wildman–Crippen LogP) is 0.242. The first-order chi connectivity index (χ1) is 9.93. The first-order valence-corrected chi connectivity index (χ1v) is 7.20. The summed E-state index contributed by atoms with van der Waals surface area (Å²) < 4.78 is 0. The van der Waals surface area contributed by atoms with Gasteiger partial charge in [0, 0.05) is 10.2 Å². The van der Waals surface area contributed by atoms with Crippen molar-refractivity contribution in [1.82, 2.24) is 0 Å². The van der Waals surface area contributed by atoms with Gasteiger partial charge in [-0.3, -0.25) is 9.59 Å². The molecule has 1 atom stereocenters. The summed E-state index contributed by atoms with van der Waals surface area (Å²) in [5.41, 5.74) is 2.72. The third-order valence-electron chi connectivity index (χ3n) is 3.17. The van der Waals surface area contributed by atoms with E-state index in [1.54, 1.807) is 23.6 Å². The lowest BCUT2D eigenvalue weighted by molar-refractivity contribution is -0.130. The maximum atomic E-state index is 12.6. The van der Waals surface area contributed by atoms with Gasteiger partial charge in [-0.1, -0.05) is 17.7 Å². The van der Waals surface area contributed by atoms with Crippen molar-refractivity contribution in [3.05, 3.63) is 56.2 Å². The van der Waals surface area contributed by atoms with Gasteiger partial charge in [0.05, 0.1) is 15.8 Å². The standard InChI is InChI=1S/C14H9ClN2O3S/c15-7-3-4-9-8(6-7)11(14(20,17-9)13(16)19)12(18)10-2-1-5-21-10/h1-6,20H,(H2,16,19). The number of nitrogens with zero attached hydrogens (tertiary/aromatic N) is 1. The fraction of sp³-hybridized carbons (Fsp3) is 0.0714. The van der Waals surface area contributed by atoms with Gasteiger partial charge >= 0.3 is 0 Å². The van der Waals surface area contributed by atoms with E-state index in [1.165, 1.54) is 23.5 Å². The van der Waals surface area contributed by atoms with E-state index < -0.39 is 17.4 Å². The summed E-state index contributed by atoms with van der Waals surface area (Å²) in [7, 11) is 0. The van der Waals surface area contributed by atoms with Crippen LogP contribution in [0.1, 0.15) is 9.67 Å². The first-order valence-electron chi connectivity index (χ1n) is 5.94. The number of benzene rings is 1. The molecule has 0 bridgehead atoms. The van der Waals surface area contributed by atoms with Crippen LogP contribution < -0.4 is 16.3 Å². The number of thiophene rings is 1. The molecule has 0 spiro atoms. The van der Waals surface area contributed by atoms with Gasteiger partial charge < -0.3 is 10.8 Å². The minimum atomic E-state index is -2.37. The van der Waals surface area contributed by atoms with Crippen molar-refractivity contribution in [2.24, 2.45) is 10.7 Å². The number of hydrogen-bond donors (Lipinski definition) is 2. The molecule has 5 nitrogen and oxygen atoms in total. The average Bonchev–Trinajstić information content (AvgIpc) is 3.03. The van der Waals surface area contributed by atoms with E-state index >= 15 is 0 Å². The monoisotopic (exact) mass is 320 g/mol. The zero-order valence-electron chi connectivity index (χ0n) is 10.5. The second kappa shape index (κ2) is 4.77. The van der Waals surface area contributed by atoms with E-state index in [2.05, 4.69) is 4.99 Å². The number of fused-ring (bicyclic) bond motifs is 1. The lowest BCUT2D eigenvalue weighted by atomic mass is 9.97. The van der Waals surface area contributed by atoms with Gasteiger partial charge in [0.15, 0.2) is 0 Å². The van der Waals surface area contributed by atoms with Gasteiger partial charge in [-0.2, -0.15) is 0 Å². The Balaban J connectivity index is 2.36. The Morgan fingerprint density at radius 3 is 2.71 bits per heavy atom. The molecule has 7 heteroatoms. The highest BCUT2D eigenvalue weighted by Crippen LogP contribution is 2.26. The summed E-state index contributed by atoms with van der Waals surface area (Å²) in [5.74, 6) is -1.59. The normalized spacial score (nSPS) is 20.0. The average molecular weight is 321 g/mol. The smallest absolute Gasteiger partial charge is 0.277 e. The van der Waals surface area contributed by atoms with Crippen LogP contribution >= 0.6 is 22.9 Å². The summed E-state index contributed by atoms with van der Waals surface area (Å²) >= 11 is 7.13. The number of halogens is 1. The molecule has 0 saturated carbocycles. The Bertz CT molecular complexity index is 876. The second-order valence-electron chi connectivity index (χ2n) is 4.49. The molecule has 1 aliphatic rings. The molecule has 1 aromatic heterocycles. The van der Waals surface area contributed by atoms with Gasteiger partial charge in [0.1, 0.15) is 0 Å². The second-order valence-corrected chi connectivity index (χ2v) is 5.88. The third-order valence-corrected chi connectivity index (χ3v) is 4.28. The van der Waals surface area contributed by atoms with Crippen LogP contribution in [0.15, 0.2) is 40.7 Å². The number of carbonyl (C=O) groups excluding carboxylic acids is 2. The zero-order valence-corrected chi connectivity index (χ0v) is 12.1. The summed E-state index contributed by atoms with van der Waals surface area (Å²) in [5, 5.41) is 13.2. The van der Waals surface area contributed by atoms with E-state index in [4.69, 9.17) is 17.3 Å². The zero-order chi connectivity index (χ0) is 15.2. The summed E-state index contributed by atoms with van der Waals surface area (Å²) in [6.45, 7) is 0. The molecule has 1 amide bonds. The number of aliphatic hydroxyl groups is 1. The number of Topliss-reactive ketones (excluding diaryl/α,β-unsaturated/α-hetero) is 1. The van der Waals surface area contributed by atoms with Crippen LogP contribution in [0.4, 0.5) is 0 Å². The molecular weight excluding hydrogens is 312 g/mol. The molecule has 106 valence electrons. The Hall–Kier alpha value is -2.02. The van der Waals surface area contributed by atoms with Gasteiger partial charge in [-0.25, -0.2) is 4.99 Å². The van der Waals surface area contributed by atoms with Crippen LogP contribution in [0.2, 0.25) is 5.02 Å². The van der Waals surface area contributed by atoms with Crippen molar-refractivity contribution in [1.29, 1.82) is 0 Å². The van der Waals surface area contributed by atoms with Gasteiger partial charge in [-0.15, -0.1) is 11.3 Å². The molecule has 21 heavy (non-hydrogen) atoms. The van der Waals surface area contributed by atoms with Crippen LogP contribution in [0.25, 0.3) is 5.57 Å². The highest BCUT2D eigenvalue weighted by molar-refractivity contribution is 7.12. The van der Waals surface area contributed by atoms with E-state index in [1.807, 2.05) is 0 Å². The van der Waals surface area contributed by atoms with Crippen LogP contribution in [-0.2, 0) is 4.79 Å². The van der Waals surface area contributed by atoms with E-state index in [0.29, 0.717) is 20.5 Å². The number of ketones is 1. The van der Waals surface area contributed by atoms with E-state index in [9.17, 15) is 14.7 Å². The first kappa shape index (κ1) is 13.9. The van der Waals surface area contributed by atoms with Crippen LogP contribution in [0.5, 0.6) is 0 Å². The van der Waals surface area contributed by atoms with Crippen molar-refractivity contribution in [2.45, 2.75) is 5.72 Å². The Kier molecular flexibility index (Phi) is 3.16. The fourth-order valence-corrected chi connectivity index (χ4v) is 3.06. The molecule has 3 rings (SSSR count). The number of nitrogens with two attached hydrogens (primary N) is 1. The Morgan fingerprint density at radius 2 is 2.10 bits per heavy atom. The van der Waals surface area contributed by atoms with Gasteiger partial charge in [-0.05, 0) is 29.6 Å². The largest absolute Gasteiger partial charge is 0.365 e. The van der Waals surface area contributed by atoms with Crippen LogP contribution in [0, 0.1) is 0 Å². The lowest BCUT2D eigenvalue weighted by Gasteiger charge is -2.18. The highest BCUT2D eigenvalue weighted by atomic mass is 35.5. The molecule has 2 aromatic rings. The van der Waals surface area contributed by atoms with Crippen molar-refractivity contribution < 1.29 is 14.7 Å². The number of amides is 1. The molecule has 0 radical (unpaired) electrons. The van der Waals surface area contributed by atoms with Crippen LogP contribution in [0.3, 0.4) is 0 Å². The number of hydrogen-bond acceptors (Lipinski definition) is 5. The number of primary amides is 1. The molecule has 1 aliphatic heterocycles. The lowest BCUT2D eigenvalue weighted by Crippen LogP contribution is -2.45. The van der Waals surface area contributed by atoms with E-state index in [-0.39, 0.29) is 5.57 Å². The molecule has 0 aliphatic carbocycles. The fourth-order valence-electron chi connectivity index (χ4n) is 2.21. The maximum absolute atomic E-state index is 12.6.